The number of halogens is 1. The van der Waals surface area contributed by atoms with Crippen LogP contribution < -0.4 is 14.5 Å². The molecule has 0 fully saturated rings. The lowest BCUT2D eigenvalue weighted by Crippen LogP contribution is -2.50. The molecule has 0 aliphatic carbocycles. The number of sulfonamides is 1. The summed E-state index contributed by atoms with van der Waals surface area (Å²) >= 11 is 6.18. The number of aryl methyl sites for hydroxylation is 1. The summed E-state index contributed by atoms with van der Waals surface area (Å²) in [5, 5.41) is 3.32. The number of para-hydroxylation sites is 1. The molecule has 0 radical (unpaired) electrons. The number of rotatable bonds is 9. The molecule has 0 spiro atoms. The van der Waals surface area contributed by atoms with E-state index in [1.807, 2.05) is 49.2 Å². The highest BCUT2D eigenvalue weighted by Crippen LogP contribution is 2.27. The summed E-state index contributed by atoms with van der Waals surface area (Å²) < 4.78 is 26.1. The Hall–Kier alpha value is -2.25. The van der Waals surface area contributed by atoms with Gasteiger partial charge in [0.25, 0.3) is 0 Å². The Kier molecular flexibility index (Phi) is 7.93. The van der Waals surface area contributed by atoms with Gasteiger partial charge in [0.1, 0.15) is 6.04 Å². The average Bonchev–Trinajstić information content (AvgIpc) is 2.67. The lowest BCUT2D eigenvalue weighted by molar-refractivity contribution is -0.122. The van der Waals surface area contributed by atoms with Gasteiger partial charge in [-0.25, -0.2) is 8.42 Å². The molecule has 1 amide bonds. The van der Waals surface area contributed by atoms with Gasteiger partial charge in [-0.1, -0.05) is 42.8 Å². The van der Waals surface area contributed by atoms with Crippen molar-refractivity contribution in [2.45, 2.75) is 26.3 Å². The fraction of sp³-hybridized carbons (Fsp3) is 0.381. The number of nitrogens with zero attached hydrogens (tertiary/aromatic N) is 2. The van der Waals surface area contributed by atoms with E-state index in [1.54, 1.807) is 25.1 Å². The zero-order chi connectivity index (χ0) is 21.6. The van der Waals surface area contributed by atoms with Crippen LogP contribution in [0.25, 0.3) is 0 Å². The molecule has 2 rings (SSSR count). The van der Waals surface area contributed by atoms with Crippen LogP contribution >= 0.6 is 11.6 Å². The van der Waals surface area contributed by atoms with E-state index in [9.17, 15) is 13.2 Å². The Balaban J connectivity index is 2.13. The topological polar surface area (TPSA) is 69.7 Å². The molecule has 2 aromatic rings. The minimum Gasteiger partial charge on any atom is -0.373 e. The van der Waals surface area contributed by atoms with Crippen LogP contribution in [0.3, 0.4) is 0 Å². The minimum absolute atomic E-state index is 0.332. The average molecular weight is 438 g/mol. The van der Waals surface area contributed by atoms with Gasteiger partial charge in [-0.15, -0.1) is 0 Å². The van der Waals surface area contributed by atoms with E-state index in [1.165, 1.54) is 0 Å². The van der Waals surface area contributed by atoms with E-state index >= 15 is 0 Å². The van der Waals surface area contributed by atoms with Gasteiger partial charge >= 0.3 is 0 Å². The summed E-state index contributed by atoms with van der Waals surface area (Å²) in [6.07, 6.45) is 1.43. The van der Waals surface area contributed by atoms with Crippen molar-refractivity contribution in [1.82, 2.24) is 5.32 Å². The van der Waals surface area contributed by atoms with Crippen LogP contribution in [0.5, 0.6) is 0 Å². The van der Waals surface area contributed by atoms with Gasteiger partial charge in [0, 0.05) is 30.8 Å². The molecule has 0 saturated carbocycles. The zero-order valence-electron chi connectivity index (χ0n) is 17.2. The number of amides is 1. The second-order valence-corrected chi connectivity index (χ2v) is 9.23. The third-order valence-electron chi connectivity index (χ3n) is 4.68. The molecule has 2 aromatic carbocycles. The Morgan fingerprint density at radius 3 is 2.34 bits per heavy atom. The summed E-state index contributed by atoms with van der Waals surface area (Å²) in [6, 6.07) is 14.0. The van der Waals surface area contributed by atoms with Crippen LogP contribution in [0.15, 0.2) is 48.5 Å². The Labute approximate surface area is 178 Å². The quantitative estimate of drug-likeness (QED) is 0.652. The van der Waals surface area contributed by atoms with Gasteiger partial charge in [0.2, 0.25) is 15.9 Å². The molecule has 158 valence electrons. The molecule has 1 N–H and O–H groups in total. The van der Waals surface area contributed by atoms with Crippen LogP contribution in [0, 0.1) is 6.92 Å². The maximum absolute atomic E-state index is 12.8. The maximum Gasteiger partial charge on any atom is 0.243 e. The fourth-order valence-electron chi connectivity index (χ4n) is 3.06. The number of likely N-dealkylation sites (N-methyl/N-ethyl adjacent to an activating group) is 1. The first-order valence-electron chi connectivity index (χ1n) is 9.44. The highest BCUT2D eigenvalue weighted by Gasteiger charge is 2.31. The van der Waals surface area contributed by atoms with E-state index < -0.39 is 16.1 Å². The SMILES string of the molecule is CC[C@H](C(=O)NCCN(C)c1ccccc1)N(c1ccc(C)c(Cl)c1)S(C)(=O)=O. The van der Waals surface area contributed by atoms with Crippen molar-refractivity contribution in [2.75, 3.05) is 35.6 Å². The number of benzene rings is 2. The number of hydrogen-bond donors (Lipinski definition) is 1. The van der Waals surface area contributed by atoms with Crippen LogP contribution in [0.2, 0.25) is 5.02 Å². The van der Waals surface area contributed by atoms with Crippen LogP contribution in [-0.2, 0) is 14.8 Å². The summed E-state index contributed by atoms with van der Waals surface area (Å²) in [6.45, 7) is 4.62. The standard InChI is InChI=1S/C21H28ClN3O3S/c1-5-20(21(26)23-13-14-24(3)17-9-7-6-8-10-17)25(29(4,27)28)18-12-11-16(2)19(22)15-18/h6-12,15,20H,5,13-14H2,1-4H3,(H,23,26)/t20-/m1/s1. The maximum atomic E-state index is 12.8. The summed E-state index contributed by atoms with van der Waals surface area (Å²) in [5.41, 5.74) is 2.26. The zero-order valence-corrected chi connectivity index (χ0v) is 18.8. The molecule has 29 heavy (non-hydrogen) atoms. The number of hydrogen-bond acceptors (Lipinski definition) is 4. The Morgan fingerprint density at radius 1 is 1.14 bits per heavy atom. The molecule has 0 aromatic heterocycles. The molecule has 0 bridgehead atoms. The van der Waals surface area contributed by atoms with Gasteiger partial charge in [-0.05, 0) is 43.2 Å². The molecule has 0 heterocycles. The predicted molar refractivity (Wildman–Crippen MR) is 120 cm³/mol. The largest absolute Gasteiger partial charge is 0.373 e. The van der Waals surface area contributed by atoms with E-state index in [0.717, 1.165) is 21.8 Å². The van der Waals surface area contributed by atoms with Gasteiger partial charge in [0.15, 0.2) is 0 Å². The van der Waals surface area contributed by atoms with Gasteiger partial charge < -0.3 is 10.2 Å². The van der Waals surface area contributed by atoms with E-state index in [4.69, 9.17) is 11.6 Å². The second kappa shape index (κ2) is 9.98. The van der Waals surface area contributed by atoms with Crippen LogP contribution in [0.1, 0.15) is 18.9 Å². The number of anilines is 2. The lowest BCUT2D eigenvalue weighted by atomic mass is 10.1. The van der Waals surface area contributed by atoms with Crippen molar-refractivity contribution < 1.29 is 13.2 Å². The van der Waals surface area contributed by atoms with Crippen molar-refractivity contribution in [2.24, 2.45) is 0 Å². The highest BCUT2D eigenvalue weighted by molar-refractivity contribution is 7.92. The van der Waals surface area contributed by atoms with Gasteiger partial charge in [-0.2, -0.15) is 0 Å². The summed E-state index contributed by atoms with van der Waals surface area (Å²) in [4.78, 5) is 14.9. The van der Waals surface area contributed by atoms with Crippen molar-refractivity contribution in [3.8, 4) is 0 Å². The summed E-state index contributed by atoms with van der Waals surface area (Å²) in [7, 11) is -1.74. The fourth-order valence-corrected chi connectivity index (χ4v) is 4.43. The first-order valence-corrected chi connectivity index (χ1v) is 11.7. The van der Waals surface area contributed by atoms with Crippen LogP contribution in [0.4, 0.5) is 11.4 Å². The van der Waals surface area contributed by atoms with E-state index in [0.29, 0.717) is 30.2 Å². The first kappa shape index (κ1) is 23.0. The molecule has 1 atom stereocenters. The minimum atomic E-state index is -3.68. The Morgan fingerprint density at radius 2 is 1.79 bits per heavy atom. The third kappa shape index (κ3) is 6.11. The van der Waals surface area contributed by atoms with Crippen molar-refractivity contribution in [1.29, 1.82) is 0 Å². The number of carbonyl (C=O) groups is 1. The molecule has 0 unspecified atom stereocenters. The third-order valence-corrected chi connectivity index (χ3v) is 6.27. The van der Waals surface area contributed by atoms with Crippen molar-refractivity contribution in [3.05, 3.63) is 59.1 Å². The van der Waals surface area contributed by atoms with Crippen molar-refractivity contribution in [3.63, 3.8) is 0 Å². The van der Waals surface area contributed by atoms with Gasteiger partial charge in [0.05, 0.1) is 11.9 Å². The molecule has 8 heteroatoms. The first-order chi connectivity index (χ1) is 13.6. The van der Waals surface area contributed by atoms with E-state index in [-0.39, 0.29) is 5.91 Å². The van der Waals surface area contributed by atoms with Gasteiger partial charge in [-0.3, -0.25) is 9.10 Å². The molecule has 0 aliphatic heterocycles. The predicted octanol–water partition coefficient (Wildman–Crippen LogP) is 3.45. The molecule has 6 nitrogen and oxygen atoms in total. The normalized spacial score (nSPS) is 12.3. The smallest absolute Gasteiger partial charge is 0.243 e. The molecular weight excluding hydrogens is 410 g/mol. The molecule has 0 saturated heterocycles. The van der Waals surface area contributed by atoms with E-state index in [2.05, 4.69) is 5.32 Å². The van der Waals surface area contributed by atoms with Crippen molar-refractivity contribution >= 4 is 38.9 Å². The number of carbonyl (C=O) groups excluding carboxylic acids is 1. The lowest BCUT2D eigenvalue weighted by Gasteiger charge is -2.30. The second-order valence-electron chi connectivity index (χ2n) is 6.96. The Bertz CT molecular complexity index is 935. The summed E-state index contributed by atoms with van der Waals surface area (Å²) in [5.74, 6) is -0.337. The molecular formula is C21H28ClN3O3S. The monoisotopic (exact) mass is 437 g/mol. The number of nitrogens with one attached hydrogen (secondary N) is 1. The molecule has 0 aliphatic rings. The van der Waals surface area contributed by atoms with Crippen LogP contribution in [-0.4, -0.2) is 46.8 Å². The highest BCUT2D eigenvalue weighted by atomic mass is 35.5.